The maximum absolute atomic E-state index is 12.9. The van der Waals surface area contributed by atoms with Crippen LogP contribution in [-0.2, 0) is 13.1 Å². The SMILES string of the molecule is Cc1noc(C)c1Cn1ccc2ccn(CCN(C)C)c2c1=O. The molecule has 0 fully saturated rings. The van der Waals surface area contributed by atoms with E-state index in [4.69, 9.17) is 4.52 Å². The van der Waals surface area contributed by atoms with Gasteiger partial charge in [-0.05, 0) is 40.1 Å². The fraction of sp³-hybridized carbons (Fsp3) is 0.412. The van der Waals surface area contributed by atoms with Gasteiger partial charge in [-0.15, -0.1) is 0 Å². The molecule has 6 heteroatoms. The fourth-order valence-corrected chi connectivity index (χ4v) is 2.76. The topological polar surface area (TPSA) is 56.2 Å². The first-order valence-electron chi connectivity index (χ1n) is 7.72. The van der Waals surface area contributed by atoms with Gasteiger partial charge >= 0.3 is 0 Å². The van der Waals surface area contributed by atoms with Gasteiger partial charge in [0.25, 0.3) is 5.56 Å². The lowest BCUT2D eigenvalue weighted by Gasteiger charge is -2.12. The minimum Gasteiger partial charge on any atom is -0.361 e. The summed E-state index contributed by atoms with van der Waals surface area (Å²) in [5.74, 6) is 0.762. The Labute approximate surface area is 134 Å². The third kappa shape index (κ3) is 2.94. The van der Waals surface area contributed by atoms with E-state index in [0.717, 1.165) is 41.0 Å². The highest BCUT2D eigenvalue weighted by Crippen LogP contribution is 2.15. The second-order valence-corrected chi connectivity index (χ2v) is 6.17. The van der Waals surface area contributed by atoms with Gasteiger partial charge in [0, 0.05) is 36.4 Å². The third-order valence-electron chi connectivity index (χ3n) is 4.19. The summed E-state index contributed by atoms with van der Waals surface area (Å²) in [5.41, 5.74) is 2.57. The standard InChI is InChI=1S/C17H22N4O2/c1-12-15(13(2)23-18-12)11-21-8-6-14-5-7-20(10-9-19(3)4)16(14)17(21)22/h5-8H,9-11H2,1-4H3. The molecule has 0 aromatic carbocycles. The van der Waals surface area contributed by atoms with E-state index in [1.807, 2.05) is 57.0 Å². The van der Waals surface area contributed by atoms with Crippen LogP contribution in [-0.4, -0.2) is 39.8 Å². The molecule has 0 aliphatic rings. The normalized spacial score (nSPS) is 11.7. The van der Waals surface area contributed by atoms with Crippen LogP contribution in [0.3, 0.4) is 0 Å². The van der Waals surface area contributed by atoms with Crippen LogP contribution in [0.2, 0.25) is 0 Å². The number of fused-ring (bicyclic) bond motifs is 1. The summed E-state index contributed by atoms with van der Waals surface area (Å²) in [6.07, 6.45) is 3.82. The Hall–Kier alpha value is -2.34. The van der Waals surface area contributed by atoms with Crippen LogP contribution in [0.4, 0.5) is 0 Å². The maximum atomic E-state index is 12.9. The zero-order valence-corrected chi connectivity index (χ0v) is 14.0. The first-order valence-corrected chi connectivity index (χ1v) is 7.72. The molecular weight excluding hydrogens is 292 g/mol. The zero-order valence-electron chi connectivity index (χ0n) is 14.0. The molecule has 0 bridgehead atoms. The van der Waals surface area contributed by atoms with Crippen molar-refractivity contribution in [2.75, 3.05) is 20.6 Å². The van der Waals surface area contributed by atoms with Crippen LogP contribution >= 0.6 is 0 Å². The Morgan fingerprint density at radius 2 is 1.87 bits per heavy atom. The summed E-state index contributed by atoms with van der Waals surface area (Å²) in [6, 6.07) is 3.98. The molecule has 23 heavy (non-hydrogen) atoms. The number of hydrogen-bond donors (Lipinski definition) is 0. The van der Waals surface area contributed by atoms with Crippen LogP contribution in [0.1, 0.15) is 17.0 Å². The lowest BCUT2D eigenvalue weighted by molar-refractivity contribution is 0.386. The first-order chi connectivity index (χ1) is 11.0. The minimum absolute atomic E-state index is 0.0197. The van der Waals surface area contributed by atoms with Crippen molar-refractivity contribution in [2.24, 2.45) is 0 Å². The van der Waals surface area contributed by atoms with Gasteiger partial charge in [0.15, 0.2) is 0 Å². The third-order valence-corrected chi connectivity index (χ3v) is 4.19. The summed E-state index contributed by atoms with van der Waals surface area (Å²) in [4.78, 5) is 15.0. The van der Waals surface area contributed by atoms with Crippen LogP contribution in [0.15, 0.2) is 33.8 Å². The van der Waals surface area contributed by atoms with E-state index in [0.29, 0.717) is 6.54 Å². The summed E-state index contributed by atoms with van der Waals surface area (Å²) < 4.78 is 8.94. The smallest absolute Gasteiger partial charge is 0.275 e. The van der Waals surface area contributed by atoms with Crippen LogP contribution in [0.5, 0.6) is 0 Å². The Morgan fingerprint density at radius 3 is 2.48 bits per heavy atom. The van der Waals surface area contributed by atoms with Gasteiger partial charge in [-0.25, -0.2) is 0 Å². The molecule has 3 heterocycles. The predicted octanol–water partition coefficient (Wildman–Crippen LogP) is 2.02. The molecule has 3 rings (SSSR count). The second-order valence-electron chi connectivity index (χ2n) is 6.17. The molecule has 6 nitrogen and oxygen atoms in total. The van der Waals surface area contributed by atoms with Crippen LogP contribution in [0.25, 0.3) is 10.9 Å². The summed E-state index contributed by atoms with van der Waals surface area (Å²) in [6.45, 7) is 5.94. The summed E-state index contributed by atoms with van der Waals surface area (Å²) in [7, 11) is 4.06. The number of pyridine rings is 1. The van der Waals surface area contributed by atoms with E-state index in [9.17, 15) is 4.79 Å². The first kappa shape index (κ1) is 15.6. The number of aryl methyl sites for hydroxylation is 2. The number of likely N-dealkylation sites (N-methyl/N-ethyl adjacent to an activating group) is 1. The molecule has 0 unspecified atom stereocenters. The molecular formula is C17H22N4O2. The number of nitrogens with zero attached hydrogens (tertiary/aromatic N) is 4. The highest BCUT2D eigenvalue weighted by molar-refractivity contribution is 5.78. The van der Waals surface area contributed by atoms with E-state index < -0.39 is 0 Å². The molecule has 3 aromatic heterocycles. The zero-order chi connectivity index (χ0) is 16.6. The molecule has 0 aliphatic carbocycles. The van der Waals surface area contributed by atoms with E-state index >= 15 is 0 Å². The van der Waals surface area contributed by atoms with Crippen molar-refractivity contribution < 1.29 is 4.52 Å². The molecule has 0 saturated carbocycles. The molecule has 0 N–H and O–H groups in total. The van der Waals surface area contributed by atoms with Crippen LogP contribution in [0, 0.1) is 13.8 Å². The molecule has 122 valence electrons. The molecule has 0 amide bonds. The molecule has 0 spiro atoms. The summed E-state index contributed by atoms with van der Waals surface area (Å²) >= 11 is 0. The van der Waals surface area contributed by atoms with Crippen molar-refractivity contribution in [3.05, 3.63) is 51.9 Å². The Balaban J connectivity index is 2.01. The van der Waals surface area contributed by atoms with Crippen molar-refractivity contribution in [2.45, 2.75) is 26.9 Å². The van der Waals surface area contributed by atoms with E-state index in [-0.39, 0.29) is 5.56 Å². The Bertz CT molecular complexity index is 866. The van der Waals surface area contributed by atoms with Crippen LogP contribution < -0.4 is 5.56 Å². The van der Waals surface area contributed by atoms with E-state index in [1.54, 1.807) is 4.57 Å². The van der Waals surface area contributed by atoms with Gasteiger partial charge in [-0.3, -0.25) is 4.79 Å². The van der Waals surface area contributed by atoms with Gasteiger partial charge in [0.1, 0.15) is 11.3 Å². The highest BCUT2D eigenvalue weighted by atomic mass is 16.5. The number of hydrogen-bond acceptors (Lipinski definition) is 4. The Morgan fingerprint density at radius 1 is 1.17 bits per heavy atom. The van der Waals surface area contributed by atoms with Crippen molar-refractivity contribution in [3.63, 3.8) is 0 Å². The average molecular weight is 314 g/mol. The lowest BCUT2D eigenvalue weighted by Crippen LogP contribution is -2.24. The van der Waals surface area contributed by atoms with Gasteiger partial charge in [0.2, 0.25) is 0 Å². The van der Waals surface area contributed by atoms with Gasteiger partial charge < -0.3 is 18.6 Å². The lowest BCUT2D eigenvalue weighted by atomic mass is 10.2. The largest absolute Gasteiger partial charge is 0.361 e. The fourth-order valence-electron chi connectivity index (χ4n) is 2.76. The van der Waals surface area contributed by atoms with Crippen molar-refractivity contribution >= 4 is 10.9 Å². The van der Waals surface area contributed by atoms with E-state index in [2.05, 4.69) is 10.1 Å². The minimum atomic E-state index is 0.0197. The molecule has 0 atom stereocenters. The molecule has 0 radical (unpaired) electrons. The second kappa shape index (κ2) is 6.04. The number of rotatable bonds is 5. The summed E-state index contributed by atoms with van der Waals surface area (Å²) in [5, 5.41) is 4.94. The Kier molecular flexibility index (Phi) is 4.09. The molecule has 0 aliphatic heterocycles. The monoisotopic (exact) mass is 314 g/mol. The molecule has 0 saturated heterocycles. The van der Waals surface area contributed by atoms with Crippen molar-refractivity contribution in [1.82, 2.24) is 19.2 Å². The van der Waals surface area contributed by atoms with E-state index in [1.165, 1.54) is 0 Å². The van der Waals surface area contributed by atoms with Crippen molar-refractivity contribution in [3.8, 4) is 0 Å². The maximum Gasteiger partial charge on any atom is 0.275 e. The predicted molar refractivity (Wildman–Crippen MR) is 89.8 cm³/mol. The quantitative estimate of drug-likeness (QED) is 0.723. The van der Waals surface area contributed by atoms with Gasteiger partial charge in [-0.2, -0.15) is 0 Å². The molecule has 3 aromatic rings. The average Bonchev–Trinajstić information content (AvgIpc) is 3.06. The van der Waals surface area contributed by atoms with Gasteiger partial charge in [-0.1, -0.05) is 5.16 Å². The highest BCUT2D eigenvalue weighted by Gasteiger charge is 2.13. The van der Waals surface area contributed by atoms with Gasteiger partial charge in [0.05, 0.1) is 12.2 Å². The van der Waals surface area contributed by atoms with Crippen molar-refractivity contribution in [1.29, 1.82) is 0 Å². The number of aromatic nitrogens is 3.